The van der Waals surface area contributed by atoms with Gasteiger partial charge < -0.3 is 20.1 Å². The number of nitrogens with one attached hydrogen (secondary N) is 2. The number of hydrogen-bond donors (Lipinski definition) is 2. The second kappa shape index (κ2) is 10.1. The van der Waals surface area contributed by atoms with Crippen LogP contribution in [0.2, 0.25) is 0 Å². The van der Waals surface area contributed by atoms with Gasteiger partial charge in [-0.05, 0) is 50.5 Å². The molecule has 1 amide bonds. The van der Waals surface area contributed by atoms with E-state index < -0.39 is 0 Å². The lowest BCUT2D eigenvalue weighted by Gasteiger charge is -2.21. The summed E-state index contributed by atoms with van der Waals surface area (Å²) < 4.78 is 11.6. The Bertz CT molecular complexity index is 783. The van der Waals surface area contributed by atoms with Crippen LogP contribution in [-0.2, 0) is 16.1 Å². The monoisotopic (exact) mass is 406 g/mol. The van der Waals surface area contributed by atoms with E-state index in [9.17, 15) is 4.79 Å². The number of fused-ring (bicyclic) bond motifs is 1. The largest absolute Gasteiger partial charge is 0.483 e. The van der Waals surface area contributed by atoms with Gasteiger partial charge in [0.15, 0.2) is 6.61 Å². The van der Waals surface area contributed by atoms with E-state index in [4.69, 9.17) is 9.47 Å². The van der Waals surface area contributed by atoms with Crippen LogP contribution in [0.15, 0.2) is 36.4 Å². The lowest BCUT2D eigenvalue weighted by Crippen LogP contribution is -2.43. The average Bonchev–Trinajstić information content (AvgIpc) is 3.12. The molecule has 28 heavy (non-hydrogen) atoms. The zero-order valence-corrected chi connectivity index (χ0v) is 17.7. The Kier molecular flexibility index (Phi) is 8.10. The molecule has 0 radical (unpaired) electrons. The number of hydrogen-bond acceptors (Lipinski definition) is 4. The second-order valence-electron chi connectivity index (χ2n) is 8.12. The van der Waals surface area contributed by atoms with Crippen molar-refractivity contribution in [3.63, 3.8) is 0 Å². The summed E-state index contributed by atoms with van der Waals surface area (Å²) >= 11 is 0. The summed E-state index contributed by atoms with van der Waals surface area (Å²) in [4.78, 5) is 12.1. The fourth-order valence-corrected chi connectivity index (χ4v) is 3.39. The predicted octanol–water partition coefficient (Wildman–Crippen LogP) is 3.82. The van der Waals surface area contributed by atoms with Gasteiger partial charge in [-0.2, -0.15) is 0 Å². The number of halogens is 1. The molecule has 1 aliphatic rings. The van der Waals surface area contributed by atoms with Gasteiger partial charge in [-0.15, -0.1) is 12.4 Å². The molecular weight excluding hydrogens is 376 g/mol. The number of benzene rings is 2. The van der Waals surface area contributed by atoms with E-state index in [0.717, 1.165) is 48.1 Å². The van der Waals surface area contributed by atoms with E-state index in [1.165, 1.54) is 0 Å². The van der Waals surface area contributed by atoms with Crippen LogP contribution in [0.1, 0.15) is 39.2 Å². The maximum atomic E-state index is 12.1. The van der Waals surface area contributed by atoms with Crippen molar-refractivity contribution in [2.45, 2.75) is 51.8 Å². The standard InChI is InChI=1S/C22H30N2O3.ClH/c1-22(2,3)24-21(25)15-27-20-11-10-16-7-4-5-9-18(16)19(20)14-23-13-17-8-6-12-26-17;/h4-5,7,9-11,17,23H,6,8,12-15H2,1-3H3,(H,24,25);1H. The zero-order chi connectivity index (χ0) is 19.3. The fourth-order valence-electron chi connectivity index (χ4n) is 3.39. The minimum atomic E-state index is -0.268. The Morgan fingerprint density at radius 3 is 2.71 bits per heavy atom. The van der Waals surface area contributed by atoms with Crippen LogP contribution in [0.5, 0.6) is 5.75 Å². The van der Waals surface area contributed by atoms with Crippen LogP contribution >= 0.6 is 12.4 Å². The molecule has 154 valence electrons. The van der Waals surface area contributed by atoms with Crippen LogP contribution in [0, 0.1) is 0 Å². The number of ether oxygens (including phenoxy) is 2. The van der Waals surface area contributed by atoms with Gasteiger partial charge in [-0.1, -0.05) is 30.3 Å². The minimum absolute atomic E-state index is 0. The van der Waals surface area contributed by atoms with Crippen molar-refractivity contribution >= 4 is 29.1 Å². The van der Waals surface area contributed by atoms with Crippen molar-refractivity contribution < 1.29 is 14.3 Å². The van der Waals surface area contributed by atoms with Gasteiger partial charge in [-0.25, -0.2) is 0 Å². The fraction of sp³-hybridized carbons (Fsp3) is 0.500. The topological polar surface area (TPSA) is 59.6 Å². The third-order valence-corrected chi connectivity index (χ3v) is 4.57. The van der Waals surface area contributed by atoms with Crippen LogP contribution < -0.4 is 15.4 Å². The van der Waals surface area contributed by atoms with Crippen molar-refractivity contribution in [3.05, 3.63) is 42.0 Å². The maximum absolute atomic E-state index is 12.1. The van der Waals surface area contributed by atoms with Gasteiger partial charge in [0.1, 0.15) is 5.75 Å². The Morgan fingerprint density at radius 1 is 1.21 bits per heavy atom. The molecule has 1 aliphatic heterocycles. The van der Waals surface area contributed by atoms with Crippen LogP contribution in [0.25, 0.3) is 10.8 Å². The van der Waals surface area contributed by atoms with Gasteiger partial charge >= 0.3 is 0 Å². The third-order valence-electron chi connectivity index (χ3n) is 4.57. The molecule has 0 bridgehead atoms. The lowest BCUT2D eigenvalue weighted by atomic mass is 10.0. The molecule has 2 N–H and O–H groups in total. The maximum Gasteiger partial charge on any atom is 0.258 e. The molecule has 0 saturated carbocycles. The number of rotatable bonds is 7. The molecule has 5 nitrogen and oxygen atoms in total. The summed E-state index contributed by atoms with van der Waals surface area (Å²) in [5, 5.41) is 8.74. The highest BCUT2D eigenvalue weighted by molar-refractivity contribution is 5.88. The SMILES string of the molecule is CC(C)(C)NC(=O)COc1ccc2ccccc2c1CNCC1CCCO1.Cl. The highest BCUT2D eigenvalue weighted by Gasteiger charge is 2.17. The van der Waals surface area contributed by atoms with Crippen molar-refractivity contribution in [3.8, 4) is 5.75 Å². The van der Waals surface area contributed by atoms with E-state index >= 15 is 0 Å². The first-order valence-electron chi connectivity index (χ1n) is 9.69. The molecule has 3 rings (SSSR count). The van der Waals surface area contributed by atoms with E-state index in [1.807, 2.05) is 45.0 Å². The molecule has 1 heterocycles. The van der Waals surface area contributed by atoms with Gasteiger partial charge in [0.25, 0.3) is 5.91 Å². The lowest BCUT2D eigenvalue weighted by molar-refractivity contribution is -0.124. The molecule has 6 heteroatoms. The van der Waals surface area contributed by atoms with Gasteiger partial charge in [-0.3, -0.25) is 4.79 Å². The normalized spacial score (nSPS) is 16.6. The Hall–Kier alpha value is -1.82. The van der Waals surface area contributed by atoms with E-state index in [1.54, 1.807) is 0 Å². The van der Waals surface area contributed by atoms with Crippen molar-refractivity contribution in [1.82, 2.24) is 10.6 Å². The number of carbonyl (C=O) groups is 1. The molecule has 1 fully saturated rings. The Balaban J connectivity index is 0.00000280. The highest BCUT2D eigenvalue weighted by atomic mass is 35.5. The van der Waals surface area contributed by atoms with E-state index in [0.29, 0.717) is 12.6 Å². The van der Waals surface area contributed by atoms with Crippen LogP contribution in [0.4, 0.5) is 0 Å². The molecule has 0 aromatic heterocycles. The van der Waals surface area contributed by atoms with Crippen molar-refractivity contribution in [1.29, 1.82) is 0 Å². The van der Waals surface area contributed by atoms with Gasteiger partial charge in [0.05, 0.1) is 6.10 Å². The summed E-state index contributed by atoms with van der Waals surface area (Å²) in [6, 6.07) is 12.2. The smallest absolute Gasteiger partial charge is 0.258 e. The first kappa shape index (κ1) is 22.5. The Morgan fingerprint density at radius 2 is 2.00 bits per heavy atom. The molecule has 1 unspecified atom stereocenters. The quantitative estimate of drug-likeness (QED) is 0.733. The van der Waals surface area contributed by atoms with Crippen LogP contribution in [-0.4, -0.2) is 37.3 Å². The molecule has 1 atom stereocenters. The van der Waals surface area contributed by atoms with Gasteiger partial charge in [0.2, 0.25) is 0 Å². The predicted molar refractivity (Wildman–Crippen MR) is 115 cm³/mol. The minimum Gasteiger partial charge on any atom is -0.483 e. The Labute approximate surface area is 173 Å². The van der Waals surface area contributed by atoms with Gasteiger partial charge in [0, 0.05) is 30.8 Å². The number of amides is 1. The molecule has 2 aromatic carbocycles. The summed E-state index contributed by atoms with van der Waals surface area (Å²) in [5.74, 6) is 0.631. The summed E-state index contributed by atoms with van der Waals surface area (Å²) in [6.07, 6.45) is 2.54. The highest BCUT2D eigenvalue weighted by Crippen LogP contribution is 2.28. The summed E-state index contributed by atoms with van der Waals surface area (Å²) in [7, 11) is 0. The zero-order valence-electron chi connectivity index (χ0n) is 16.9. The van der Waals surface area contributed by atoms with E-state index in [-0.39, 0.29) is 30.5 Å². The van der Waals surface area contributed by atoms with Crippen LogP contribution in [0.3, 0.4) is 0 Å². The first-order chi connectivity index (χ1) is 12.9. The molecule has 2 aromatic rings. The first-order valence-corrected chi connectivity index (χ1v) is 9.69. The molecule has 1 saturated heterocycles. The average molecular weight is 407 g/mol. The summed E-state index contributed by atoms with van der Waals surface area (Å²) in [5.41, 5.74) is 0.810. The third kappa shape index (κ3) is 6.36. The molecule has 0 aliphatic carbocycles. The van der Waals surface area contributed by atoms with E-state index in [2.05, 4.69) is 22.8 Å². The number of carbonyl (C=O) groups excluding carboxylic acids is 1. The second-order valence-corrected chi connectivity index (χ2v) is 8.12. The summed E-state index contributed by atoms with van der Waals surface area (Å²) in [6.45, 7) is 8.25. The molecular formula is C22H31ClN2O3. The van der Waals surface area contributed by atoms with Crippen molar-refractivity contribution in [2.24, 2.45) is 0 Å². The molecule has 0 spiro atoms. The van der Waals surface area contributed by atoms with Crippen molar-refractivity contribution in [2.75, 3.05) is 19.8 Å².